The molecule has 0 fully saturated rings. The molecule has 0 unspecified atom stereocenters. The summed E-state index contributed by atoms with van der Waals surface area (Å²) in [5.74, 6) is -1.15. The lowest BCUT2D eigenvalue weighted by molar-refractivity contribution is 0.0685. The highest BCUT2D eigenvalue weighted by molar-refractivity contribution is 7.13. The number of methoxy groups -OCH3 is 1. The Balaban J connectivity index is 2.50. The molecule has 2 aromatic rings. The zero-order valence-electron chi connectivity index (χ0n) is 9.12. The van der Waals surface area contributed by atoms with Crippen LogP contribution in [0, 0.1) is 6.92 Å². The average molecular weight is 255 g/mol. The van der Waals surface area contributed by atoms with E-state index in [4.69, 9.17) is 9.84 Å². The molecule has 0 saturated heterocycles. The fourth-order valence-electron chi connectivity index (χ4n) is 1.26. The molecule has 1 N–H and O–H groups in total. The van der Waals surface area contributed by atoms with Crippen LogP contribution in [0.5, 0.6) is 0 Å². The number of ether oxygens (including phenoxy) is 1. The normalized spacial score (nSPS) is 10.7. The van der Waals surface area contributed by atoms with Crippen LogP contribution in [0.1, 0.15) is 21.2 Å². The first-order valence-electron chi connectivity index (χ1n) is 4.60. The fraction of sp³-hybridized carbons (Fsp3) is 0.375. The quantitative estimate of drug-likeness (QED) is 0.836. The molecule has 90 valence electrons. The number of rotatable bonds is 4. The van der Waals surface area contributed by atoms with E-state index in [-0.39, 0.29) is 12.3 Å². The van der Waals surface area contributed by atoms with Crippen molar-refractivity contribution in [2.24, 2.45) is 0 Å². The Hall–Kier alpha value is -1.87. The summed E-state index contributed by atoms with van der Waals surface area (Å²) >= 11 is 1.30. The van der Waals surface area contributed by atoms with Gasteiger partial charge in [0, 0.05) is 7.11 Å². The van der Waals surface area contributed by atoms with Crippen molar-refractivity contribution in [1.82, 2.24) is 25.2 Å². The summed E-state index contributed by atoms with van der Waals surface area (Å²) in [6.07, 6.45) is 0. The van der Waals surface area contributed by atoms with Crippen molar-refractivity contribution < 1.29 is 14.6 Å². The van der Waals surface area contributed by atoms with Crippen LogP contribution in [0.4, 0.5) is 0 Å². The second-order valence-electron chi connectivity index (χ2n) is 3.14. The molecule has 8 nitrogen and oxygen atoms in total. The number of aryl methyl sites for hydroxylation is 1. The molecule has 0 amide bonds. The Morgan fingerprint density at radius 3 is 2.76 bits per heavy atom. The van der Waals surface area contributed by atoms with Gasteiger partial charge in [0.05, 0.1) is 6.61 Å². The van der Waals surface area contributed by atoms with Gasteiger partial charge in [-0.15, -0.1) is 15.3 Å². The number of carboxylic acids is 1. The predicted molar refractivity (Wildman–Crippen MR) is 57.2 cm³/mol. The molecule has 0 spiro atoms. The third-order valence-corrected chi connectivity index (χ3v) is 2.76. The molecular weight excluding hydrogens is 246 g/mol. The Morgan fingerprint density at radius 2 is 2.24 bits per heavy atom. The van der Waals surface area contributed by atoms with Crippen molar-refractivity contribution in [3.63, 3.8) is 0 Å². The molecule has 2 rings (SSSR count). The summed E-state index contributed by atoms with van der Waals surface area (Å²) in [4.78, 5) is 10.9. The summed E-state index contributed by atoms with van der Waals surface area (Å²) in [6.45, 7) is 1.89. The number of carbonyl (C=O) groups is 1. The lowest BCUT2D eigenvalue weighted by atomic mass is 10.3. The molecule has 0 bridgehead atoms. The van der Waals surface area contributed by atoms with Crippen LogP contribution >= 0.6 is 11.3 Å². The first-order valence-corrected chi connectivity index (χ1v) is 5.42. The number of nitrogens with zero attached hydrogens (tertiary/aromatic N) is 5. The minimum atomic E-state index is -1.15. The summed E-state index contributed by atoms with van der Waals surface area (Å²) in [7, 11) is 1.47. The Morgan fingerprint density at radius 1 is 1.47 bits per heavy atom. The number of hydrogen-bond donors (Lipinski definition) is 1. The van der Waals surface area contributed by atoms with Gasteiger partial charge < -0.3 is 9.84 Å². The van der Waals surface area contributed by atoms with Crippen LogP contribution in [0.2, 0.25) is 0 Å². The summed E-state index contributed by atoms with van der Waals surface area (Å²) in [5, 5.41) is 25.2. The number of aromatic carboxylic acids is 1. The van der Waals surface area contributed by atoms with Crippen LogP contribution < -0.4 is 0 Å². The first-order chi connectivity index (χ1) is 8.13. The van der Waals surface area contributed by atoms with E-state index < -0.39 is 5.97 Å². The molecule has 0 atom stereocenters. The molecule has 9 heteroatoms. The van der Waals surface area contributed by atoms with E-state index in [0.29, 0.717) is 10.8 Å². The van der Waals surface area contributed by atoms with Gasteiger partial charge in [0.15, 0.2) is 5.69 Å². The highest BCUT2D eigenvalue weighted by atomic mass is 32.1. The van der Waals surface area contributed by atoms with Crippen LogP contribution in [0.25, 0.3) is 5.13 Å². The predicted octanol–water partition coefficient (Wildman–Crippen LogP) is 0.272. The van der Waals surface area contributed by atoms with Gasteiger partial charge >= 0.3 is 5.97 Å². The monoisotopic (exact) mass is 255 g/mol. The van der Waals surface area contributed by atoms with Gasteiger partial charge in [-0.05, 0) is 6.92 Å². The van der Waals surface area contributed by atoms with Crippen LogP contribution in [0.3, 0.4) is 0 Å². The van der Waals surface area contributed by atoms with Crippen molar-refractivity contribution in [2.45, 2.75) is 13.5 Å². The second-order valence-corrected chi connectivity index (χ2v) is 4.30. The largest absolute Gasteiger partial charge is 0.476 e. The SMILES string of the molecule is COCc1c(C(=O)O)nnn1-c1nnc(C)s1. The zero-order chi connectivity index (χ0) is 12.4. The topological polar surface area (TPSA) is 103 Å². The van der Waals surface area contributed by atoms with Gasteiger partial charge in [-0.3, -0.25) is 0 Å². The van der Waals surface area contributed by atoms with Crippen molar-refractivity contribution >= 4 is 17.3 Å². The van der Waals surface area contributed by atoms with E-state index >= 15 is 0 Å². The van der Waals surface area contributed by atoms with Gasteiger partial charge in [-0.1, -0.05) is 16.6 Å². The summed E-state index contributed by atoms with van der Waals surface area (Å²) in [6, 6.07) is 0. The fourth-order valence-corrected chi connectivity index (χ4v) is 1.92. The van der Waals surface area contributed by atoms with Crippen LogP contribution in [-0.2, 0) is 11.3 Å². The molecule has 0 saturated carbocycles. The highest BCUT2D eigenvalue weighted by Gasteiger charge is 2.21. The van der Waals surface area contributed by atoms with Crippen molar-refractivity contribution in [3.8, 4) is 5.13 Å². The standard InChI is InChI=1S/C8H9N5O3S/c1-4-9-11-8(17-4)13-5(3-16-2)6(7(14)15)10-12-13/h3H2,1-2H3,(H,14,15). The van der Waals surface area contributed by atoms with Crippen LogP contribution in [-0.4, -0.2) is 43.4 Å². The van der Waals surface area contributed by atoms with Crippen molar-refractivity contribution in [2.75, 3.05) is 7.11 Å². The van der Waals surface area contributed by atoms with Crippen molar-refractivity contribution in [1.29, 1.82) is 0 Å². The van der Waals surface area contributed by atoms with E-state index in [9.17, 15) is 4.79 Å². The molecule has 0 aliphatic heterocycles. The number of aromatic nitrogens is 5. The lowest BCUT2D eigenvalue weighted by Gasteiger charge is -2.01. The van der Waals surface area contributed by atoms with Gasteiger partial charge in [-0.2, -0.15) is 4.68 Å². The minimum absolute atomic E-state index is 0.0905. The molecule has 0 aromatic carbocycles. The zero-order valence-corrected chi connectivity index (χ0v) is 9.93. The molecule has 17 heavy (non-hydrogen) atoms. The summed E-state index contributed by atoms with van der Waals surface area (Å²) < 4.78 is 6.27. The van der Waals surface area contributed by atoms with E-state index in [0.717, 1.165) is 5.01 Å². The third kappa shape index (κ3) is 2.15. The smallest absolute Gasteiger partial charge is 0.358 e. The molecular formula is C8H9N5O3S. The van der Waals surface area contributed by atoms with Gasteiger partial charge in [0.1, 0.15) is 10.7 Å². The highest BCUT2D eigenvalue weighted by Crippen LogP contribution is 2.17. The molecule has 0 aliphatic carbocycles. The molecule has 2 heterocycles. The minimum Gasteiger partial charge on any atom is -0.476 e. The number of hydrogen-bond acceptors (Lipinski definition) is 7. The van der Waals surface area contributed by atoms with Crippen LogP contribution in [0.15, 0.2) is 0 Å². The molecule has 0 aliphatic rings. The Kier molecular flexibility index (Phi) is 3.11. The maximum absolute atomic E-state index is 10.9. The van der Waals surface area contributed by atoms with Gasteiger partial charge in [0.25, 0.3) is 0 Å². The van der Waals surface area contributed by atoms with Crippen molar-refractivity contribution in [3.05, 3.63) is 16.4 Å². The van der Waals surface area contributed by atoms with Gasteiger partial charge in [0.2, 0.25) is 5.13 Å². The second kappa shape index (κ2) is 4.55. The first kappa shape index (κ1) is 11.6. The average Bonchev–Trinajstić information content (AvgIpc) is 2.85. The Labute approximate surface area is 99.9 Å². The summed E-state index contributed by atoms with van der Waals surface area (Å²) in [5.41, 5.74) is 0.204. The van der Waals surface area contributed by atoms with E-state index in [1.807, 2.05) is 0 Å². The maximum Gasteiger partial charge on any atom is 0.358 e. The van der Waals surface area contributed by atoms with E-state index in [1.165, 1.54) is 23.1 Å². The Bertz CT molecular complexity index is 549. The number of carboxylic acid groups (broad SMARTS) is 1. The van der Waals surface area contributed by atoms with E-state index in [1.54, 1.807) is 6.92 Å². The van der Waals surface area contributed by atoms with Gasteiger partial charge in [-0.25, -0.2) is 4.79 Å². The lowest BCUT2D eigenvalue weighted by Crippen LogP contribution is -2.07. The molecule has 0 radical (unpaired) electrons. The van der Waals surface area contributed by atoms with E-state index in [2.05, 4.69) is 20.5 Å². The maximum atomic E-state index is 10.9. The third-order valence-electron chi connectivity index (χ3n) is 1.94. The molecule has 2 aromatic heterocycles.